The highest BCUT2D eigenvalue weighted by molar-refractivity contribution is 8.09. The number of hydrogen-bond donors (Lipinski definition) is 1. The Labute approximate surface area is 176 Å². The Morgan fingerprint density at radius 3 is 2.57 bits per heavy atom. The largest absolute Gasteiger partial charge is 0.497 e. The number of thioether (sulfide) groups is 1. The molecule has 2 aliphatic rings. The summed E-state index contributed by atoms with van der Waals surface area (Å²) in [5.41, 5.74) is 4.94. The van der Waals surface area contributed by atoms with Crippen molar-refractivity contribution in [3.63, 3.8) is 0 Å². The first kappa shape index (κ1) is 22.9. The molecule has 0 fully saturated rings. The van der Waals surface area contributed by atoms with E-state index < -0.39 is 55.7 Å². The normalized spacial score (nSPS) is 33.7. The van der Waals surface area contributed by atoms with E-state index in [1.165, 1.54) is 20.1 Å². The lowest BCUT2D eigenvalue weighted by Gasteiger charge is -2.42. The molecule has 0 radical (unpaired) electrons. The molecule has 1 aromatic carbocycles. The van der Waals surface area contributed by atoms with Crippen LogP contribution in [0, 0.1) is 0 Å². The molecule has 166 valence electrons. The van der Waals surface area contributed by atoms with Crippen LogP contribution in [0.2, 0.25) is 0 Å². The molecule has 2 unspecified atom stereocenters. The quantitative estimate of drug-likeness (QED) is 0.684. The predicted molar refractivity (Wildman–Crippen MR) is 110 cm³/mol. The number of hydrogen-bond acceptors (Lipinski definition) is 6. The highest BCUT2D eigenvalue weighted by Gasteiger charge is 2.58. The molecule has 0 saturated heterocycles. The van der Waals surface area contributed by atoms with Gasteiger partial charge in [-0.3, -0.25) is 4.99 Å². The van der Waals surface area contributed by atoms with Gasteiger partial charge in [0.25, 0.3) is 0 Å². The first-order chi connectivity index (χ1) is 13.7. The Hall–Kier alpha value is -1.75. The summed E-state index contributed by atoms with van der Waals surface area (Å²) in [5, 5.41) is -0.956. The number of rotatable bonds is 4. The number of allylic oxidation sites excluding steroid dienone is 1. The molecule has 0 amide bonds. The molecule has 2 heterocycles. The van der Waals surface area contributed by atoms with E-state index in [-0.39, 0.29) is 0 Å². The summed E-state index contributed by atoms with van der Waals surface area (Å²) in [4.78, 5) is 4.71. The fraction of sp³-hybridized carbons (Fsp3) is 0.526. The minimum Gasteiger partial charge on any atom is -0.497 e. The summed E-state index contributed by atoms with van der Waals surface area (Å²) >= 11 is 1.09. The van der Waals surface area contributed by atoms with E-state index in [2.05, 4.69) is 4.99 Å². The van der Waals surface area contributed by atoms with Gasteiger partial charge in [0.05, 0.1) is 30.1 Å². The van der Waals surface area contributed by atoms with Crippen LogP contribution in [0.5, 0.6) is 5.75 Å². The van der Waals surface area contributed by atoms with Gasteiger partial charge in [0.15, 0.2) is 9.84 Å². The summed E-state index contributed by atoms with van der Waals surface area (Å²) in [7, 11) is -2.87. The van der Waals surface area contributed by atoms with Gasteiger partial charge in [-0.05, 0) is 37.6 Å². The van der Waals surface area contributed by atoms with Crippen molar-refractivity contribution < 1.29 is 30.7 Å². The number of nitrogens with zero attached hydrogens (tertiary/aromatic N) is 1. The van der Waals surface area contributed by atoms with E-state index in [0.717, 1.165) is 18.7 Å². The molecule has 30 heavy (non-hydrogen) atoms. The molecule has 11 heteroatoms. The van der Waals surface area contributed by atoms with Crippen LogP contribution in [-0.2, 0) is 9.84 Å². The van der Waals surface area contributed by atoms with E-state index in [0.29, 0.717) is 16.2 Å². The van der Waals surface area contributed by atoms with Crippen molar-refractivity contribution in [1.82, 2.24) is 0 Å². The standard InChI is InChI=1S/C19H22F4N2O3S2/c1-17(10-30(26,27)18(2,16(24)25-17)9-19(21,22)23)15-13(20)8-14(29-15)11-5-4-6-12(7-11)28-3/h4-8,13,15H,9-10H2,1-3H3,(H2,24,25)/t13?,15?,17-,18-/m0/s1. The number of alkyl halides is 4. The lowest BCUT2D eigenvalue weighted by Crippen LogP contribution is -2.61. The number of halogens is 4. The highest BCUT2D eigenvalue weighted by Crippen LogP contribution is 2.49. The number of aliphatic imine (C=N–C) groups is 1. The van der Waals surface area contributed by atoms with Gasteiger partial charge in [0, 0.05) is 4.91 Å². The van der Waals surface area contributed by atoms with Gasteiger partial charge in [0.1, 0.15) is 22.5 Å². The third kappa shape index (κ3) is 4.05. The molecule has 2 aliphatic heterocycles. The number of sulfone groups is 1. The van der Waals surface area contributed by atoms with E-state index in [1.54, 1.807) is 24.3 Å². The Balaban J connectivity index is 1.94. The molecule has 2 N–H and O–H groups in total. The number of methoxy groups -OCH3 is 1. The van der Waals surface area contributed by atoms with E-state index in [9.17, 15) is 26.0 Å². The number of benzene rings is 1. The first-order valence-corrected chi connectivity index (χ1v) is 11.6. The molecule has 3 rings (SSSR count). The van der Waals surface area contributed by atoms with Crippen LogP contribution >= 0.6 is 11.8 Å². The second-order valence-corrected chi connectivity index (χ2v) is 11.5. The lowest BCUT2D eigenvalue weighted by atomic mass is 9.95. The van der Waals surface area contributed by atoms with Crippen LogP contribution < -0.4 is 10.5 Å². The highest BCUT2D eigenvalue weighted by atomic mass is 32.2. The van der Waals surface area contributed by atoms with Crippen molar-refractivity contribution >= 4 is 32.3 Å². The first-order valence-electron chi connectivity index (χ1n) is 9.03. The zero-order valence-corrected chi connectivity index (χ0v) is 18.2. The van der Waals surface area contributed by atoms with Gasteiger partial charge in [-0.15, -0.1) is 11.8 Å². The van der Waals surface area contributed by atoms with Gasteiger partial charge < -0.3 is 10.5 Å². The molecule has 0 aliphatic carbocycles. The summed E-state index contributed by atoms with van der Waals surface area (Å²) in [6.45, 7) is 2.33. The van der Waals surface area contributed by atoms with Gasteiger partial charge in [0.2, 0.25) is 0 Å². The monoisotopic (exact) mass is 466 g/mol. The Morgan fingerprint density at radius 1 is 1.33 bits per heavy atom. The van der Waals surface area contributed by atoms with E-state index in [1.807, 2.05) is 0 Å². The molecular formula is C19H22F4N2O3S2. The maximum atomic E-state index is 15.0. The molecule has 0 aromatic heterocycles. The minimum atomic E-state index is -4.75. The average Bonchev–Trinajstić information content (AvgIpc) is 3.01. The van der Waals surface area contributed by atoms with Crippen LogP contribution in [0.3, 0.4) is 0 Å². The fourth-order valence-corrected chi connectivity index (χ4v) is 7.27. The van der Waals surface area contributed by atoms with Gasteiger partial charge in [-0.25, -0.2) is 12.8 Å². The second kappa shape index (κ2) is 7.44. The molecule has 0 saturated carbocycles. The number of nitrogens with two attached hydrogens (primary N) is 1. The molecule has 4 atom stereocenters. The van der Waals surface area contributed by atoms with Crippen LogP contribution in [0.1, 0.15) is 25.8 Å². The summed E-state index contributed by atoms with van der Waals surface area (Å²) in [5.74, 6) is -0.800. The smallest absolute Gasteiger partial charge is 0.391 e. The maximum absolute atomic E-state index is 15.0. The third-order valence-electron chi connectivity index (χ3n) is 5.45. The van der Waals surface area contributed by atoms with Crippen molar-refractivity contribution in [3.8, 4) is 5.75 Å². The minimum absolute atomic E-state index is 0.572. The summed E-state index contributed by atoms with van der Waals surface area (Å²) in [6, 6.07) is 6.94. The van der Waals surface area contributed by atoms with Crippen LogP contribution in [0.4, 0.5) is 17.6 Å². The topological polar surface area (TPSA) is 81.8 Å². The predicted octanol–water partition coefficient (Wildman–Crippen LogP) is 3.75. The second-order valence-electron chi connectivity index (χ2n) is 7.88. The van der Waals surface area contributed by atoms with Crippen molar-refractivity contribution in [2.24, 2.45) is 10.7 Å². The van der Waals surface area contributed by atoms with E-state index in [4.69, 9.17) is 10.5 Å². The molecule has 0 bridgehead atoms. The van der Waals surface area contributed by atoms with Crippen LogP contribution in [0.15, 0.2) is 35.3 Å². The summed E-state index contributed by atoms with van der Waals surface area (Å²) in [6.07, 6.45) is -6.59. The molecule has 0 spiro atoms. The number of amidine groups is 1. The van der Waals surface area contributed by atoms with Crippen LogP contribution in [-0.4, -0.2) is 55.0 Å². The summed E-state index contributed by atoms with van der Waals surface area (Å²) < 4.78 is 82.5. The third-order valence-corrected chi connectivity index (χ3v) is 9.78. The van der Waals surface area contributed by atoms with E-state index >= 15 is 0 Å². The lowest BCUT2D eigenvalue weighted by molar-refractivity contribution is -0.137. The molecular weight excluding hydrogens is 444 g/mol. The Kier molecular flexibility index (Phi) is 5.68. The zero-order valence-electron chi connectivity index (χ0n) is 16.5. The SMILES string of the molecule is COc1cccc(C2=CC(F)C([C@]3(C)CS(=O)(=O)[C@@](C)(CC(F)(F)F)C(N)=N3)S2)c1. The van der Waals surface area contributed by atoms with Gasteiger partial charge in [-0.1, -0.05) is 12.1 Å². The van der Waals surface area contributed by atoms with Gasteiger partial charge in [-0.2, -0.15) is 13.2 Å². The molecule has 5 nitrogen and oxygen atoms in total. The maximum Gasteiger partial charge on any atom is 0.391 e. The Morgan fingerprint density at radius 2 is 2.00 bits per heavy atom. The number of ether oxygens (including phenoxy) is 1. The average molecular weight is 467 g/mol. The van der Waals surface area contributed by atoms with Gasteiger partial charge >= 0.3 is 6.18 Å². The zero-order chi connectivity index (χ0) is 22.5. The van der Waals surface area contributed by atoms with Crippen molar-refractivity contribution in [2.75, 3.05) is 12.9 Å². The van der Waals surface area contributed by atoms with Crippen LogP contribution in [0.25, 0.3) is 4.91 Å². The van der Waals surface area contributed by atoms with Crippen molar-refractivity contribution in [3.05, 3.63) is 35.9 Å². The van der Waals surface area contributed by atoms with Crippen molar-refractivity contribution in [2.45, 2.75) is 48.2 Å². The molecule has 1 aromatic rings. The Bertz CT molecular complexity index is 1010. The fourth-order valence-electron chi connectivity index (χ4n) is 3.74. The van der Waals surface area contributed by atoms with Crippen molar-refractivity contribution in [1.29, 1.82) is 0 Å².